The number of amides is 1. The Morgan fingerprint density at radius 1 is 1.46 bits per heavy atom. The molecule has 9 heteroatoms. The van der Waals surface area contributed by atoms with E-state index < -0.39 is 0 Å². The molecule has 1 aliphatic carbocycles. The maximum absolute atomic E-state index is 12.0. The van der Waals surface area contributed by atoms with E-state index in [2.05, 4.69) is 25.5 Å². The summed E-state index contributed by atoms with van der Waals surface area (Å²) in [6.45, 7) is 8.09. The zero-order chi connectivity index (χ0) is 18.1. The minimum Gasteiger partial charge on any atom is -0.379 e. The van der Waals surface area contributed by atoms with Crippen molar-refractivity contribution in [2.75, 3.05) is 46.4 Å². The highest BCUT2D eigenvalue weighted by atomic mass is 127. The lowest BCUT2D eigenvalue weighted by molar-refractivity contribution is 0.0958. The largest absolute Gasteiger partial charge is 0.379 e. The molecule has 0 aliphatic heterocycles. The van der Waals surface area contributed by atoms with E-state index in [-0.39, 0.29) is 29.9 Å². The van der Waals surface area contributed by atoms with E-state index in [9.17, 15) is 4.79 Å². The van der Waals surface area contributed by atoms with Gasteiger partial charge in [0.05, 0.1) is 24.4 Å². The Bertz CT molecular complexity index is 577. The Balaban J connectivity index is 0.00000338. The Hall–Kier alpha value is -0.940. The van der Waals surface area contributed by atoms with Gasteiger partial charge in [-0.25, -0.2) is 4.98 Å². The van der Waals surface area contributed by atoms with Crippen LogP contribution in [0, 0.1) is 12.8 Å². The molecular weight excluding hydrogens is 465 g/mol. The van der Waals surface area contributed by atoms with Crippen molar-refractivity contribution < 1.29 is 9.53 Å². The number of likely N-dealkylation sites (N-methyl/N-ethyl adjacent to an activating group) is 1. The maximum Gasteiger partial charge on any atom is 0.263 e. The Labute approximate surface area is 177 Å². The van der Waals surface area contributed by atoms with Crippen LogP contribution >= 0.6 is 35.3 Å². The van der Waals surface area contributed by atoms with E-state index in [1.165, 1.54) is 24.2 Å². The summed E-state index contributed by atoms with van der Waals surface area (Å²) in [4.78, 5) is 23.4. The van der Waals surface area contributed by atoms with Gasteiger partial charge in [-0.1, -0.05) is 0 Å². The van der Waals surface area contributed by atoms with Gasteiger partial charge in [0.1, 0.15) is 4.88 Å². The van der Waals surface area contributed by atoms with E-state index in [1.54, 1.807) is 5.51 Å². The van der Waals surface area contributed by atoms with Crippen molar-refractivity contribution in [1.82, 2.24) is 20.5 Å². The first-order valence-electron chi connectivity index (χ1n) is 8.87. The molecule has 1 amide bonds. The Morgan fingerprint density at radius 3 is 2.85 bits per heavy atom. The van der Waals surface area contributed by atoms with Crippen LogP contribution in [-0.4, -0.2) is 68.2 Å². The predicted octanol–water partition coefficient (Wildman–Crippen LogP) is 2.12. The molecule has 0 bridgehead atoms. The molecule has 148 valence electrons. The number of hydrogen-bond acceptors (Lipinski definition) is 5. The normalized spacial score (nSPS) is 13.9. The van der Waals surface area contributed by atoms with Gasteiger partial charge >= 0.3 is 0 Å². The van der Waals surface area contributed by atoms with Gasteiger partial charge in [0.25, 0.3) is 5.91 Å². The number of aryl methyl sites for hydroxylation is 1. The van der Waals surface area contributed by atoms with Crippen LogP contribution in [0.2, 0.25) is 0 Å². The van der Waals surface area contributed by atoms with Crippen molar-refractivity contribution in [3.05, 3.63) is 16.1 Å². The average Bonchev–Trinajstić information content (AvgIpc) is 3.33. The number of guanidine groups is 1. The molecule has 0 spiro atoms. The van der Waals surface area contributed by atoms with Crippen molar-refractivity contribution >= 4 is 47.2 Å². The second-order valence-electron chi connectivity index (χ2n) is 6.20. The van der Waals surface area contributed by atoms with E-state index in [0.717, 1.165) is 37.3 Å². The molecule has 26 heavy (non-hydrogen) atoms. The fraction of sp³-hybridized carbons (Fsp3) is 0.706. The molecule has 1 aromatic heterocycles. The third kappa shape index (κ3) is 8.17. The standard InChI is InChI=1S/C17H29N5O2S.HI/c1-4-18-17(22(3)9-10-24-11-14-5-6-14)20-8-7-19-16(23)15-13(2)21-12-25-15;/h12,14H,4-11H2,1-3H3,(H,18,20)(H,19,23);1H. The first kappa shape index (κ1) is 23.1. The van der Waals surface area contributed by atoms with E-state index in [1.807, 2.05) is 20.9 Å². The minimum absolute atomic E-state index is 0. The minimum atomic E-state index is -0.0815. The number of aliphatic imine (C=N–C) groups is 1. The number of ether oxygens (including phenoxy) is 1. The van der Waals surface area contributed by atoms with Crippen molar-refractivity contribution in [3.8, 4) is 0 Å². The van der Waals surface area contributed by atoms with Gasteiger partial charge in [-0.2, -0.15) is 0 Å². The molecule has 0 unspecified atom stereocenters. The topological polar surface area (TPSA) is 78.8 Å². The third-order valence-electron chi connectivity index (χ3n) is 3.93. The van der Waals surface area contributed by atoms with Crippen LogP contribution in [0.4, 0.5) is 0 Å². The molecule has 0 aromatic carbocycles. The second kappa shape index (κ2) is 12.4. The highest BCUT2D eigenvalue weighted by molar-refractivity contribution is 14.0. The number of nitrogens with zero attached hydrogens (tertiary/aromatic N) is 3. The maximum atomic E-state index is 12.0. The zero-order valence-electron chi connectivity index (χ0n) is 15.8. The van der Waals surface area contributed by atoms with Crippen LogP contribution in [0.25, 0.3) is 0 Å². The van der Waals surface area contributed by atoms with Crippen molar-refractivity contribution in [1.29, 1.82) is 0 Å². The SMILES string of the molecule is CCNC(=NCCNC(=O)c1scnc1C)N(C)CCOCC1CC1.I. The number of carbonyl (C=O) groups is 1. The number of nitrogens with one attached hydrogen (secondary N) is 2. The van der Waals surface area contributed by atoms with Crippen molar-refractivity contribution in [2.45, 2.75) is 26.7 Å². The summed E-state index contributed by atoms with van der Waals surface area (Å²) in [6, 6.07) is 0. The molecular formula is C17H30IN5O2S. The molecule has 1 aromatic rings. The van der Waals surface area contributed by atoms with Crippen molar-refractivity contribution in [3.63, 3.8) is 0 Å². The number of aromatic nitrogens is 1. The van der Waals surface area contributed by atoms with E-state index in [0.29, 0.717) is 24.6 Å². The number of carbonyl (C=O) groups excluding carboxylic acids is 1. The van der Waals surface area contributed by atoms with Crippen LogP contribution in [0.15, 0.2) is 10.5 Å². The van der Waals surface area contributed by atoms with Gasteiger partial charge in [-0.05, 0) is 32.6 Å². The monoisotopic (exact) mass is 495 g/mol. The van der Waals surface area contributed by atoms with Crippen LogP contribution < -0.4 is 10.6 Å². The fourth-order valence-electron chi connectivity index (χ4n) is 2.24. The highest BCUT2D eigenvalue weighted by Gasteiger charge is 2.21. The molecule has 1 fully saturated rings. The highest BCUT2D eigenvalue weighted by Crippen LogP contribution is 2.28. The summed E-state index contributed by atoms with van der Waals surface area (Å²) in [5.41, 5.74) is 2.46. The molecule has 0 atom stereocenters. The number of halogens is 1. The second-order valence-corrected chi connectivity index (χ2v) is 7.05. The first-order valence-corrected chi connectivity index (χ1v) is 9.75. The molecule has 0 radical (unpaired) electrons. The Kier molecular flexibility index (Phi) is 11.1. The van der Waals surface area contributed by atoms with Crippen LogP contribution in [0.5, 0.6) is 0 Å². The molecule has 2 N–H and O–H groups in total. The summed E-state index contributed by atoms with van der Waals surface area (Å²) in [5, 5.41) is 6.16. The smallest absolute Gasteiger partial charge is 0.263 e. The molecule has 2 rings (SSSR count). The van der Waals surface area contributed by atoms with Crippen LogP contribution in [0.3, 0.4) is 0 Å². The lowest BCUT2D eigenvalue weighted by Crippen LogP contribution is -2.41. The van der Waals surface area contributed by atoms with Crippen LogP contribution in [-0.2, 0) is 4.74 Å². The molecule has 0 saturated heterocycles. The quantitative estimate of drug-likeness (QED) is 0.225. The fourth-order valence-corrected chi connectivity index (χ4v) is 2.96. The summed E-state index contributed by atoms with van der Waals surface area (Å²) < 4.78 is 5.68. The van der Waals surface area contributed by atoms with Crippen molar-refractivity contribution in [2.24, 2.45) is 10.9 Å². The van der Waals surface area contributed by atoms with E-state index in [4.69, 9.17) is 4.74 Å². The van der Waals surface area contributed by atoms with Gasteiger partial charge in [0.2, 0.25) is 0 Å². The molecule has 1 aliphatic rings. The van der Waals surface area contributed by atoms with E-state index >= 15 is 0 Å². The van der Waals surface area contributed by atoms with Gasteiger partial charge in [0.15, 0.2) is 5.96 Å². The average molecular weight is 495 g/mol. The van der Waals surface area contributed by atoms with Gasteiger partial charge in [-0.3, -0.25) is 9.79 Å². The summed E-state index contributed by atoms with van der Waals surface area (Å²) >= 11 is 1.36. The first-order chi connectivity index (χ1) is 12.1. The summed E-state index contributed by atoms with van der Waals surface area (Å²) in [7, 11) is 2.00. The number of hydrogen-bond donors (Lipinski definition) is 2. The lowest BCUT2D eigenvalue weighted by atomic mass is 10.4. The summed E-state index contributed by atoms with van der Waals surface area (Å²) in [6.07, 6.45) is 2.62. The van der Waals surface area contributed by atoms with Crippen LogP contribution in [0.1, 0.15) is 35.1 Å². The predicted molar refractivity (Wildman–Crippen MR) is 117 cm³/mol. The third-order valence-corrected chi connectivity index (χ3v) is 4.86. The zero-order valence-corrected chi connectivity index (χ0v) is 18.9. The molecule has 1 saturated carbocycles. The summed E-state index contributed by atoms with van der Waals surface area (Å²) in [5.74, 6) is 1.54. The van der Waals surface area contributed by atoms with Gasteiger partial charge < -0.3 is 20.3 Å². The lowest BCUT2D eigenvalue weighted by Gasteiger charge is -2.22. The molecule has 7 nitrogen and oxygen atoms in total. The Morgan fingerprint density at radius 2 is 2.23 bits per heavy atom. The molecule has 1 heterocycles. The van der Waals surface area contributed by atoms with Gasteiger partial charge in [-0.15, -0.1) is 35.3 Å². The number of thiazole rings is 1. The number of rotatable bonds is 10. The van der Waals surface area contributed by atoms with Gasteiger partial charge in [0, 0.05) is 33.3 Å².